The predicted molar refractivity (Wildman–Crippen MR) is 55.2 cm³/mol. The number of thiazole rings is 1. The summed E-state index contributed by atoms with van der Waals surface area (Å²) in [5, 5.41) is 5.10. The SMILES string of the molecule is [N-]=[N+]=NC(=O)c1csc(C#CC2CC2)n1. The van der Waals surface area contributed by atoms with Crippen molar-refractivity contribution in [2.45, 2.75) is 12.8 Å². The Kier molecular flexibility index (Phi) is 2.68. The zero-order valence-corrected chi connectivity index (χ0v) is 8.49. The minimum absolute atomic E-state index is 0.165. The van der Waals surface area contributed by atoms with Crippen LogP contribution in [0, 0.1) is 17.8 Å². The molecule has 0 bridgehead atoms. The van der Waals surface area contributed by atoms with Crippen LogP contribution in [-0.4, -0.2) is 10.9 Å². The quantitative estimate of drug-likeness (QED) is 0.314. The minimum Gasteiger partial charge on any atom is -0.285 e. The van der Waals surface area contributed by atoms with Gasteiger partial charge in [-0.1, -0.05) is 5.92 Å². The first-order valence-corrected chi connectivity index (χ1v) is 5.24. The molecule has 0 saturated heterocycles. The molecule has 15 heavy (non-hydrogen) atoms. The fourth-order valence-corrected chi connectivity index (χ4v) is 1.56. The molecule has 1 heterocycles. The van der Waals surface area contributed by atoms with Crippen molar-refractivity contribution < 1.29 is 4.79 Å². The van der Waals surface area contributed by atoms with E-state index in [1.54, 1.807) is 5.38 Å². The van der Waals surface area contributed by atoms with Gasteiger partial charge in [0.1, 0.15) is 5.69 Å². The van der Waals surface area contributed by atoms with Crippen LogP contribution < -0.4 is 0 Å². The van der Waals surface area contributed by atoms with Gasteiger partial charge in [-0.3, -0.25) is 4.79 Å². The van der Waals surface area contributed by atoms with Crippen LogP contribution in [0.1, 0.15) is 28.3 Å². The van der Waals surface area contributed by atoms with Crippen molar-refractivity contribution in [3.63, 3.8) is 0 Å². The van der Waals surface area contributed by atoms with Crippen molar-refractivity contribution in [3.8, 4) is 11.8 Å². The number of amides is 1. The molecule has 2 rings (SSSR count). The molecule has 1 aromatic rings. The smallest absolute Gasteiger partial charge is 0.268 e. The van der Waals surface area contributed by atoms with Crippen LogP contribution in [0.25, 0.3) is 10.4 Å². The third-order valence-electron chi connectivity index (χ3n) is 1.82. The van der Waals surface area contributed by atoms with Gasteiger partial charge in [0, 0.05) is 16.2 Å². The Morgan fingerprint density at radius 3 is 3.20 bits per heavy atom. The summed E-state index contributed by atoms with van der Waals surface area (Å²) in [5.74, 6) is 5.78. The first-order chi connectivity index (χ1) is 7.29. The highest BCUT2D eigenvalue weighted by Crippen LogP contribution is 2.27. The van der Waals surface area contributed by atoms with E-state index in [0.717, 1.165) is 12.8 Å². The zero-order valence-electron chi connectivity index (χ0n) is 7.67. The molecule has 0 radical (unpaired) electrons. The summed E-state index contributed by atoms with van der Waals surface area (Å²) in [5.41, 5.74) is 8.24. The van der Waals surface area contributed by atoms with Crippen LogP contribution in [-0.2, 0) is 0 Å². The lowest BCUT2D eigenvalue weighted by Gasteiger charge is -1.81. The van der Waals surface area contributed by atoms with E-state index in [0.29, 0.717) is 10.9 Å². The average molecular weight is 218 g/mol. The molecule has 6 heteroatoms. The van der Waals surface area contributed by atoms with Crippen molar-refractivity contribution in [1.29, 1.82) is 0 Å². The molecular formula is C9H6N4OS. The Morgan fingerprint density at radius 1 is 1.73 bits per heavy atom. The van der Waals surface area contributed by atoms with E-state index in [-0.39, 0.29) is 5.69 Å². The highest BCUT2D eigenvalue weighted by atomic mass is 32.1. The number of azide groups is 1. The molecule has 0 N–H and O–H groups in total. The Balaban J connectivity index is 2.13. The molecule has 5 nitrogen and oxygen atoms in total. The van der Waals surface area contributed by atoms with Gasteiger partial charge in [0.15, 0.2) is 5.01 Å². The second-order valence-electron chi connectivity index (χ2n) is 3.08. The molecule has 1 fully saturated rings. The summed E-state index contributed by atoms with van der Waals surface area (Å²) in [6, 6.07) is 0. The van der Waals surface area contributed by atoms with Gasteiger partial charge in [0.05, 0.1) is 0 Å². The van der Waals surface area contributed by atoms with Gasteiger partial charge in [0.2, 0.25) is 0 Å². The van der Waals surface area contributed by atoms with E-state index in [9.17, 15) is 4.79 Å². The molecule has 1 amide bonds. The maximum absolute atomic E-state index is 11.1. The lowest BCUT2D eigenvalue weighted by Crippen LogP contribution is -1.92. The topological polar surface area (TPSA) is 78.7 Å². The summed E-state index contributed by atoms with van der Waals surface area (Å²) in [6.45, 7) is 0. The highest BCUT2D eigenvalue weighted by Gasteiger charge is 2.18. The number of hydrogen-bond donors (Lipinski definition) is 0. The summed E-state index contributed by atoms with van der Waals surface area (Å²) in [7, 11) is 0. The van der Waals surface area contributed by atoms with E-state index in [1.807, 2.05) is 0 Å². The van der Waals surface area contributed by atoms with E-state index in [4.69, 9.17) is 5.53 Å². The predicted octanol–water partition coefficient (Wildman–Crippen LogP) is 2.36. The van der Waals surface area contributed by atoms with Crippen LogP contribution in [0.15, 0.2) is 10.5 Å². The molecule has 1 aliphatic carbocycles. The lowest BCUT2D eigenvalue weighted by atomic mass is 10.4. The number of rotatable bonds is 1. The second kappa shape index (κ2) is 4.13. The molecular weight excluding hydrogens is 212 g/mol. The Labute approximate surface area is 89.8 Å². The fraction of sp³-hybridized carbons (Fsp3) is 0.333. The molecule has 74 valence electrons. The fourth-order valence-electron chi connectivity index (χ4n) is 0.913. The third-order valence-corrected chi connectivity index (χ3v) is 2.58. The van der Waals surface area contributed by atoms with Gasteiger partial charge in [-0.05, 0) is 29.4 Å². The summed E-state index contributed by atoms with van der Waals surface area (Å²) in [6.07, 6.45) is 2.31. The van der Waals surface area contributed by atoms with Crippen molar-refractivity contribution in [3.05, 3.63) is 26.5 Å². The maximum atomic E-state index is 11.1. The maximum Gasteiger partial charge on any atom is 0.268 e. The Hall–Kier alpha value is -1.83. The Morgan fingerprint density at radius 2 is 2.53 bits per heavy atom. The van der Waals surface area contributed by atoms with Crippen LogP contribution >= 0.6 is 11.3 Å². The van der Waals surface area contributed by atoms with Gasteiger partial charge in [0.25, 0.3) is 5.91 Å². The number of aromatic nitrogens is 1. The van der Waals surface area contributed by atoms with E-state index >= 15 is 0 Å². The monoisotopic (exact) mass is 218 g/mol. The summed E-state index contributed by atoms with van der Waals surface area (Å²) >= 11 is 1.28. The van der Waals surface area contributed by atoms with Gasteiger partial charge in [-0.2, -0.15) is 0 Å². The van der Waals surface area contributed by atoms with Crippen LogP contribution in [0.2, 0.25) is 0 Å². The normalized spacial score (nSPS) is 13.6. The molecule has 0 atom stereocenters. The number of carbonyl (C=O) groups is 1. The second-order valence-corrected chi connectivity index (χ2v) is 3.93. The van der Waals surface area contributed by atoms with Gasteiger partial charge < -0.3 is 0 Å². The molecule has 1 saturated carbocycles. The minimum atomic E-state index is -0.659. The molecule has 0 spiro atoms. The van der Waals surface area contributed by atoms with Crippen molar-refractivity contribution in [2.24, 2.45) is 11.0 Å². The number of carbonyl (C=O) groups excluding carboxylic acids is 1. The molecule has 1 aromatic heterocycles. The largest absolute Gasteiger partial charge is 0.285 e. The average Bonchev–Trinajstić information content (AvgIpc) is 2.93. The van der Waals surface area contributed by atoms with Gasteiger partial charge >= 0.3 is 0 Å². The number of hydrogen-bond acceptors (Lipinski definition) is 3. The summed E-state index contributed by atoms with van der Waals surface area (Å²) in [4.78, 5) is 17.5. The number of nitrogens with zero attached hydrogens (tertiary/aromatic N) is 4. The molecule has 0 aromatic carbocycles. The molecule has 0 unspecified atom stereocenters. The van der Waals surface area contributed by atoms with Crippen molar-refractivity contribution >= 4 is 17.2 Å². The van der Waals surface area contributed by atoms with Crippen molar-refractivity contribution in [1.82, 2.24) is 4.98 Å². The molecule has 1 aliphatic rings. The van der Waals surface area contributed by atoms with E-state index in [2.05, 4.69) is 26.9 Å². The molecule has 0 aliphatic heterocycles. The summed E-state index contributed by atoms with van der Waals surface area (Å²) < 4.78 is 0. The lowest BCUT2D eigenvalue weighted by molar-refractivity contribution is 0.0996. The standard InChI is InChI=1S/C9H6N4OS/c10-13-12-9(14)7-5-15-8(11-7)4-3-6-1-2-6/h5-6H,1-2H2. The first-order valence-electron chi connectivity index (χ1n) is 4.36. The van der Waals surface area contributed by atoms with Gasteiger partial charge in [-0.15, -0.1) is 11.3 Å². The van der Waals surface area contributed by atoms with Crippen LogP contribution in [0.5, 0.6) is 0 Å². The van der Waals surface area contributed by atoms with Crippen LogP contribution in [0.4, 0.5) is 0 Å². The van der Waals surface area contributed by atoms with Crippen LogP contribution in [0.3, 0.4) is 0 Å². The Bertz CT molecular complexity index is 500. The third kappa shape index (κ3) is 2.56. The van der Waals surface area contributed by atoms with E-state index < -0.39 is 5.91 Å². The van der Waals surface area contributed by atoms with E-state index in [1.165, 1.54) is 11.3 Å². The zero-order chi connectivity index (χ0) is 10.7. The first kappa shape index (κ1) is 9.71. The highest BCUT2D eigenvalue weighted by molar-refractivity contribution is 7.10. The van der Waals surface area contributed by atoms with Crippen molar-refractivity contribution in [2.75, 3.05) is 0 Å². The van der Waals surface area contributed by atoms with Gasteiger partial charge in [-0.25, -0.2) is 4.98 Å².